The van der Waals surface area contributed by atoms with Crippen LogP contribution in [0.1, 0.15) is 37.2 Å². The van der Waals surface area contributed by atoms with E-state index in [1.54, 1.807) is 6.07 Å². The Morgan fingerprint density at radius 2 is 2.22 bits per heavy atom. The number of nitrogens with zero attached hydrogens (tertiary/aromatic N) is 3. The molecule has 2 atom stereocenters. The molecule has 3 heterocycles. The molecule has 1 fully saturated rings. The predicted octanol–water partition coefficient (Wildman–Crippen LogP) is 2.32. The fourth-order valence-electron chi connectivity index (χ4n) is 2.15. The van der Waals surface area contributed by atoms with Crippen molar-refractivity contribution in [2.24, 2.45) is 0 Å². The van der Waals surface area contributed by atoms with Crippen LogP contribution in [0.5, 0.6) is 0 Å². The zero-order valence-corrected chi connectivity index (χ0v) is 10.4. The summed E-state index contributed by atoms with van der Waals surface area (Å²) >= 11 is 0. The molecule has 0 bridgehead atoms. The molecule has 1 saturated heterocycles. The van der Waals surface area contributed by atoms with E-state index in [0.717, 1.165) is 25.1 Å². The maximum absolute atomic E-state index is 5.63. The first-order valence-electron chi connectivity index (χ1n) is 6.13. The Hall–Kier alpha value is -1.69. The van der Waals surface area contributed by atoms with E-state index in [1.807, 2.05) is 6.92 Å². The Kier molecular flexibility index (Phi) is 2.87. The van der Waals surface area contributed by atoms with E-state index in [4.69, 9.17) is 13.8 Å². The molecule has 6 nitrogen and oxygen atoms in total. The van der Waals surface area contributed by atoms with Crippen LogP contribution in [0.25, 0.3) is 11.7 Å². The van der Waals surface area contributed by atoms with Crippen molar-refractivity contribution in [3.63, 3.8) is 0 Å². The minimum absolute atomic E-state index is 0.133. The third-order valence-corrected chi connectivity index (χ3v) is 3.21. The molecule has 2 unspecified atom stereocenters. The third-order valence-electron chi connectivity index (χ3n) is 3.21. The third kappa shape index (κ3) is 2.03. The van der Waals surface area contributed by atoms with E-state index in [2.05, 4.69) is 22.2 Å². The van der Waals surface area contributed by atoms with Gasteiger partial charge in [0.15, 0.2) is 5.82 Å². The van der Waals surface area contributed by atoms with Crippen LogP contribution in [0.4, 0.5) is 0 Å². The van der Waals surface area contributed by atoms with E-state index < -0.39 is 0 Å². The van der Waals surface area contributed by atoms with Gasteiger partial charge in [-0.05, 0) is 19.8 Å². The lowest BCUT2D eigenvalue weighted by Crippen LogP contribution is -2.15. The second kappa shape index (κ2) is 4.53. The molecule has 0 amide bonds. The van der Waals surface area contributed by atoms with Gasteiger partial charge in [-0.15, -0.1) is 0 Å². The van der Waals surface area contributed by atoms with Crippen molar-refractivity contribution < 1.29 is 13.8 Å². The highest BCUT2D eigenvalue weighted by atomic mass is 16.5. The second-order valence-electron chi connectivity index (χ2n) is 4.63. The molecule has 0 aromatic carbocycles. The summed E-state index contributed by atoms with van der Waals surface area (Å²) in [7, 11) is 0. The topological polar surface area (TPSA) is 74.2 Å². The summed E-state index contributed by atoms with van der Waals surface area (Å²) < 4.78 is 15.9. The van der Waals surface area contributed by atoms with E-state index in [9.17, 15) is 0 Å². The van der Waals surface area contributed by atoms with Crippen molar-refractivity contribution in [3.8, 4) is 11.7 Å². The van der Waals surface area contributed by atoms with Crippen molar-refractivity contribution in [2.75, 3.05) is 6.61 Å². The van der Waals surface area contributed by atoms with Crippen molar-refractivity contribution in [1.82, 2.24) is 15.3 Å². The molecule has 0 radical (unpaired) electrons. The molecule has 2 aromatic heterocycles. The van der Waals surface area contributed by atoms with Crippen LogP contribution < -0.4 is 0 Å². The summed E-state index contributed by atoms with van der Waals surface area (Å²) in [6.07, 6.45) is 2.33. The van der Waals surface area contributed by atoms with E-state index >= 15 is 0 Å². The van der Waals surface area contributed by atoms with Gasteiger partial charge in [0.05, 0.1) is 11.8 Å². The number of hydrogen-bond donors (Lipinski definition) is 0. The molecule has 2 aromatic rings. The molecule has 0 aliphatic carbocycles. The minimum Gasteiger partial charge on any atom is -0.377 e. The second-order valence-corrected chi connectivity index (χ2v) is 4.63. The van der Waals surface area contributed by atoms with Gasteiger partial charge in [-0.1, -0.05) is 17.2 Å². The zero-order chi connectivity index (χ0) is 12.5. The normalized spacial score (nSPS) is 21.3. The Balaban J connectivity index is 1.80. The van der Waals surface area contributed by atoms with Crippen LogP contribution in [-0.4, -0.2) is 28.0 Å². The maximum Gasteiger partial charge on any atom is 0.296 e. The predicted molar refractivity (Wildman–Crippen MR) is 61.9 cm³/mol. The molecule has 0 spiro atoms. The lowest BCUT2D eigenvalue weighted by atomic mass is 10.0. The largest absolute Gasteiger partial charge is 0.377 e. The summed E-state index contributed by atoms with van der Waals surface area (Å²) in [6.45, 7) is 4.72. The fraction of sp³-hybridized carbons (Fsp3) is 0.583. The molecule has 1 aliphatic heterocycles. The first kappa shape index (κ1) is 11.4. The van der Waals surface area contributed by atoms with Gasteiger partial charge in [0.2, 0.25) is 5.76 Å². The van der Waals surface area contributed by atoms with Gasteiger partial charge in [-0.3, -0.25) is 0 Å². The maximum atomic E-state index is 5.63. The zero-order valence-electron chi connectivity index (χ0n) is 10.4. The van der Waals surface area contributed by atoms with Gasteiger partial charge in [0.1, 0.15) is 0 Å². The molecule has 0 N–H and O–H groups in total. The average Bonchev–Trinajstić information content (AvgIpc) is 3.09. The summed E-state index contributed by atoms with van der Waals surface area (Å²) in [5.74, 6) is 1.67. The molecule has 6 heteroatoms. The summed E-state index contributed by atoms with van der Waals surface area (Å²) in [4.78, 5) is 4.35. The molecule has 96 valence electrons. The smallest absolute Gasteiger partial charge is 0.296 e. The van der Waals surface area contributed by atoms with E-state index in [1.165, 1.54) is 0 Å². The molecular formula is C12H15N3O3. The highest BCUT2D eigenvalue weighted by Crippen LogP contribution is 2.28. The summed E-state index contributed by atoms with van der Waals surface area (Å²) in [5.41, 5.74) is 0.789. The Morgan fingerprint density at radius 1 is 1.33 bits per heavy atom. The lowest BCUT2D eigenvalue weighted by molar-refractivity contribution is 0.0902. The molecule has 1 aliphatic rings. The number of hydrogen-bond acceptors (Lipinski definition) is 6. The van der Waals surface area contributed by atoms with Crippen molar-refractivity contribution >= 4 is 0 Å². The molecule has 3 rings (SSSR count). The van der Waals surface area contributed by atoms with Crippen LogP contribution in [0.2, 0.25) is 0 Å². The Morgan fingerprint density at radius 3 is 2.89 bits per heavy atom. The van der Waals surface area contributed by atoms with E-state index in [-0.39, 0.29) is 12.0 Å². The lowest BCUT2D eigenvalue weighted by Gasteiger charge is -2.13. The van der Waals surface area contributed by atoms with Crippen molar-refractivity contribution in [3.05, 3.63) is 17.6 Å². The van der Waals surface area contributed by atoms with Crippen LogP contribution in [0, 0.1) is 6.92 Å². The van der Waals surface area contributed by atoms with Crippen LogP contribution in [0.15, 0.2) is 15.1 Å². The van der Waals surface area contributed by atoms with Crippen molar-refractivity contribution in [1.29, 1.82) is 0 Å². The molecular weight excluding hydrogens is 234 g/mol. The van der Waals surface area contributed by atoms with Crippen LogP contribution in [0.3, 0.4) is 0 Å². The van der Waals surface area contributed by atoms with Crippen molar-refractivity contribution in [2.45, 2.75) is 38.7 Å². The Labute approximate surface area is 104 Å². The number of aromatic nitrogens is 3. The van der Waals surface area contributed by atoms with Gasteiger partial charge in [0, 0.05) is 18.6 Å². The van der Waals surface area contributed by atoms with Crippen LogP contribution >= 0.6 is 0 Å². The van der Waals surface area contributed by atoms with Gasteiger partial charge < -0.3 is 13.8 Å². The summed E-state index contributed by atoms with van der Waals surface area (Å²) in [6, 6.07) is 1.77. The highest BCUT2D eigenvalue weighted by molar-refractivity contribution is 5.43. The Bertz CT molecular complexity index is 528. The number of ether oxygens (including phenoxy) is 1. The van der Waals surface area contributed by atoms with Gasteiger partial charge in [-0.2, -0.15) is 4.98 Å². The molecule has 18 heavy (non-hydrogen) atoms. The van der Waals surface area contributed by atoms with Gasteiger partial charge >= 0.3 is 0 Å². The number of rotatable bonds is 3. The number of aryl methyl sites for hydroxylation is 1. The first-order chi connectivity index (χ1) is 8.74. The van der Waals surface area contributed by atoms with Crippen LogP contribution in [-0.2, 0) is 4.74 Å². The van der Waals surface area contributed by atoms with Gasteiger partial charge in [0.25, 0.3) is 5.89 Å². The summed E-state index contributed by atoms with van der Waals surface area (Å²) in [5, 5.41) is 7.79. The van der Waals surface area contributed by atoms with Gasteiger partial charge in [-0.25, -0.2) is 0 Å². The molecule has 0 saturated carbocycles. The monoisotopic (exact) mass is 249 g/mol. The standard InChI is InChI=1S/C12H15N3O3/c1-7-6-10(17-14-7)12-13-11(15-18-12)8(2)9-4-3-5-16-9/h6,8-9H,3-5H2,1-2H3. The minimum atomic E-state index is 0.133. The first-order valence-corrected chi connectivity index (χ1v) is 6.13. The fourth-order valence-corrected chi connectivity index (χ4v) is 2.15. The average molecular weight is 249 g/mol. The quantitative estimate of drug-likeness (QED) is 0.831. The van der Waals surface area contributed by atoms with E-state index in [0.29, 0.717) is 17.5 Å². The SMILES string of the molecule is Cc1cc(-c2nc(C(C)C3CCCO3)no2)on1. The highest BCUT2D eigenvalue weighted by Gasteiger charge is 2.28.